The summed E-state index contributed by atoms with van der Waals surface area (Å²) < 4.78 is 11.1. The fourth-order valence-corrected chi connectivity index (χ4v) is 4.75. The Labute approximate surface area is 222 Å². The van der Waals surface area contributed by atoms with Crippen molar-refractivity contribution >= 4 is 46.1 Å². The summed E-state index contributed by atoms with van der Waals surface area (Å²) >= 11 is 6.35. The van der Waals surface area contributed by atoms with Gasteiger partial charge in [0.1, 0.15) is 11.6 Å². The first-order valence-electron chi connectivity index (χ1n) is 11.9. The van der Waals surface area contributed by atoms with Crippen LogP contribution in [0.4, 0.5) is 5.69 Å². The van der Waals surface area contributed by atoms with Crippen molar-refractivity contribution in [2.24, 2.45) is 0 Å². The molecular formula is C29H20ClN3O5. The average Bonchev–Trinajstić information content (AvgIpc) is 3.67. The van der Waals surface area contributed by atoms with Gasteiger partial charge in [0.05, 0.1) is 18.4 Å². The highest BCUT2D eigenvalue weighted by Gasteiger charge is 2.45. The van der Waals surface area contributed by atoms with Crippen molar-refractivity contribution in [2.45, 2.75) is 19.0 Å². The van der Waals surface area contributed by atoms with Crippen LogP contribution >= 0.6 is 11.6 Å². The molecule has 0 saturated carbocycles. The van der Waals surface area contributed by atoms with Crippen LogP contribution in [0.5, 0.6) is 0 Å². The number of hydrogen-bond donors (Lipinski definition) is 0. The third kappa shape index (κ3) is 4.25. The number of furan rings is 1. The van der Waals surface area contributed by atoms with E-state index in [1.165, 1.54) is 17.2 Å². The zero-order chi connectivity index (χ0) is 26.2. The highest BCUT2D eigenvalue weighted by atomic mass is 35.5. The zero-order valence-electron chi connectivity index (χ0n) is 19.9. The lowest BCUT2D eigenvalue weighted by atomic mass is 10.1. The Morgan fingerprint density at radius 1 is 0.974 bits per heavy atom. The Bertz CT molecular complexity index is 1630. The molecule has 9 heteroatoms. The Balaban J connectivity index is 1.29. The number of imide groups is 1. The molecule has 8 nitrogen and oxygen atoms in total. The molecule has 5 aromatic rings. The number of rotatable bonds is 6. The molecule has 188 valence electrons. The van der Waals surface area contributed by atoms with Crippen molar-refractivity contribution in [3.63, 3.8) is 0 Å². The van der Waals surface area contributed by atoms with Gasteiger partial charge in [0.15, 0.2) is 11.3 Å². The number of anilines is 1. The predicted molar refractivity (Wildman–Crippen MR) is 140 cm³/mol. The van der Waals surface area contributed by atoms with Crippen LogP contribution in [0.2, 0.25) is 5.02 Å². The van der Waals surface area contributed by atoms with E-state index in [0.29, 0.717) is 33.3 Å². The van der Waals surface area contributed by atoms with Crippen LogP contribution in [0.3, 0.4) is 0 Å². The second kappa shape index (κ2) is 9.64. The summed E-state index contributed by atoms with van der Waals surface area (Å²) in [6.45, 7) is 0.0351. The molecule has 0 bridgehead atoms. The van der Waals surface area contributed by atoms with Crippen LogP contribution in [-0.2, 0) is 16.1 Å². The van der Waals surface area contributed by atoms with E-state index in [-0.39, 0.29) is 18.7 Å². The van der Waals surface area contributed by atoms with Crippen molar-refractivity contribution in [1.29, 1.82) is 0 Å². The molecule has 3 heterocycles. The van der Waals surface area contributed by atoms with E-state index in [9.17, 15) is 14.4 Å². The average molecular weight is 526 g/mol. The third-order valence-corrected chi connectivity index (χ3v) is 6.83. The minimum Gasteiger partial charge on any atom is -0.459 e. The number of carbonyl (C=O) groups excluding carboxylic acids is 3. The lowest BCUT2D eigenvalue weighted by Crippen LogP contribution is -2.45. The van der Waals surface area contributed by atoms with Gasteiger partial charge in [-0.05, 0) is 60.2 Å². The number of carbonyl (C=O) groups is 3. The van der Waals surface area contributed by atoms with E-state index in [1.807, 2.05) is 24.3 Å². The van der Waals surface area contributed by atoms with E-state index in [2.05, 4.69) is 4.98 Å². The van der Waals surface area contributed by atoms with Crippen LogP contribution in [0.1, 0.15) is 22.5 Å². The molecule has 0 aliphatic carbocycles. The summed E-state index contributed by atoms with van der Waals surface area (Å²) in [5.74, 6) is -0.917. The first-order valence-corrected chi connectivity index (χ1v) is 12.3. The minimum atomic E-state index is -1.02. The SMILES string of the molecule is O=C1CC(N(Cc2ccccc2Cl)C(=O)c2ccco2)C(=O)N1c1ccc(-c2nc3ccccc3o2)cc1. The number of benzene rings is 3. The van der Waals surface area contributed by atoms with Gasteiger partial charge in [-0.25, -0.2) is 9.88 Å². The molecule has 2 aromatic heterocycles. The van der Waals surface area contributed by atoms with E-state index < -0.39 is 23.8 Å². The molecule has 0 spiro atoms. The highest BCUT2D eigenvalue weighted by Crippen LogP contribution is 2.31. The second-order valence-electron chi connectivity index (χ2n) is 8.82. The summed E-state index contributed by atoms with van der Waals surface area (Å²) in [6, 6.07) is 23.4. The molecule has 1 aliphatic rings. The quantitative estimate of drug-likeness (QED) is 0.263. The maximum Gasteiger partial charge on any atom is 0.290 e. The molecule has 0 radical (unpaired) electrons. The number of nitrogens with zero attached hydrogens (tertiary/aromatic N) is 3. The fourth-order valence-electron chi connectivity index (χ4n) is 4.55. The Morgan fingerprint density at radius 2 is 1.74 bits per heavy atom. The molecule has 1 fully saturated rings. The van der Waals surface area contributed by atoms with Gasteiger partial charge >= 0.3 is 0 Å². The summed E-state index contributed by atoms with van der Waals surface area (Å²) in [4.78, 5) is 47.0. The van der Waals surface area contributed by atoms with Gasteiger partial charge in [-0.15, -0.1) is 0 Å². The number of para-hydroxylation sites is 2. The summed E-state index contributed by atoms with van der Waals surface area (Å²) in [5.41, 5.74) is 3.15. The van der Waals surface area contributed by atoms with Crippen molar-refractivity contribution in [1.82, 2.24) is 9.88 Å². The first-order chi connectivity index (χ1) is 18.5. The van der Waals surface area contributed by atoms with Gasteiger partial charge in [-0.3, -0.25) is 14.4 Å². The fraction of sp³-hybridized carbons (Fsp3) is 0.103. The summed E-state index contributed by atoms with van der Waals surface area (Å²) in [5, 5.41) is 0.452. The van der Waals surface area contributed by atoms with E-state index in [1.54, 1.807) is 54.6 Å². The Hall–Kier alpha value is -4.69. The van der Waals surface area contributed by atoms with E-state index >= 15 is 0 Å². The van der Waals surface area contributed by atoms with Crippen molar-refractivity contribution in [2.75, 3.05) is 4.90 Å². The zero-order valence-corrected chi connectivity index (χ0v) is 20.7. The standard InChI is InChI=1S/C29H20ClN3O5/c30-21-7-2-1-6-19(21)17-32(29(36)25-10-5-15-37-25)23-16-26(34)33(28(23)35)20-13-11-18(12-14-20)27-31-22-8-3-4-9-24(22)38-27/h1-15,23H,16-17H2. The van der Waals surface area contributed by atoms with Gasteiger partial charge in [0.25, 0.3) is 11.8 Å². The number of hydrogen-bond acceptors (Lipinski definition) is 6. The maximum absolute atomic E-state index is 13.6. The van der Waals surface area contributed by atoms with Crippen molar-refractivity contribution in [3.8, 4) is 11.5 Å². The molecule has 1 aliphatic heterocycles. The van der Waals surface area contributed by atoms with Gasteiger partial charge in [0, 0.05) is 17.1 Å². The predicted octanol–water partition coefficient (Wildman–Crippen LogP) is 5.72. The van der Waals surface area contributed by atoms with E-state index in [4.69, 9.17) is 20.4 Å². The highest BCUT2D eigenvalue weighted by molar-refractivity contribution is 6.31. The Morgan fingerprint density at radius 3 is 2.47 bits per heavy atom. The Kier molecular flexibility index (Phi) is 6.01. The molecular weight excluding hydrogens is 506 g/mol. The summed E-state index contributed by atoms with van der Waals surface area (Å²) in [6.07, 6.45) is 1.22. The van der Waals surface area contributed by atoms with Crippen LogP contribution < -0.4 is 4.90 Å². The number of halogens is 1. The topological polar surface area (TPSA) is 96.9 Å². The van der Waals surface area contributed by atoms with Crippen molar-refractivity contribution in [3.05, 3.63) is 108 Å². The molecule has 3 aromatic carbocycles. The maximum atomic E-state index is 13.6. The largest absolute Gasteiger partial charge is 0.459 e. The number of amides is 3. The third-order valence-electron chi connectivity index (χ3n) is 6.46. The van der Waals surface area contributed by atoms with Gasteiger partial charge < -0.3 is 13.7 Å². The molecule has 1 atom stereocenters. The van der Waals surface area contributed by atoms with Crippen LogP contribution in [0.25, 0.3) is 22.6 Å². The minimum absolute atomic E-state index is 0.0351. The molecule has 3 amide bonds. The normalized spacial score (nSPS) is 15.4. The lowest BCUT2D eigenvalue weighted by molar-refractivity contribution is -0.122. The van der Waals surface area contributed by atoms with Crippen LogP contribution in [0, 0.1) is 0 Å². The van der Waals surface area contributed by atoms with Crippen LogP contribution in [-0.4, -0.2) is 33.6 Å². The summed E-state index contributed by atoms with van der Waals surface area (Å²) in [7, 11) is 0. The molecule has 1 saturated heterocycles. The number of fused-ring (bicyclic) bond motifs is 1. The number of oxazole rings is 1. The second-order valence-corrected chi connectivity index (χ2v) is 9.23. The van der Waals surface area contributed by atoms with E-state index in [0.717, 1.165) is 10.4 Å². The lowest BCUT2D eigenvalue weighted by Gasteiger charge is -2.27. The molecule has 6 rings (SSSR count). The number of aromatic nitrogens is 1. The van der Waals surface area contributed by atoms with Gasteiger partial charge in [-0.1, -0.05) is 41.9 Å². The van der Waals surface area contributed by atoms with Crippen LogP contribution in [0.15, 0.2) is 100 Å². The van der Waals surface area contributed by atoms with Gasteiger partial charge in [0.2, 0.25) is 11.8 Å². The van der Waals surface area contributed by atoms with Gasteiger partial charge in [-0.2, -0.15) is 0 Å². The molecule has 0 N–H and O–H groups in total. The molecule has 1 unspecified atom stereocenters. The van der Waals surface area contributed by atoms with Crippen molar-refractivity contribution < 1.29 is 23.2 Å². The monoisotopic (exact) mass is 525 g/mol. The smallest absolute Gasteiger partial charge is 0.290 e. The molecule has 38 heavy (non-hydrogen) atoms. The first kappa shape index (κ1) is 23.7.